The summed E-state index contributed by atoms with van der Waals surface area (Å²) in [5, 5.41) is 4.15. The summed E-state index contributed by atoms with van der Waals surface area (Å²) in [6.45, 7) is 5.54. The molecule has 2 atom stereocenters. The number of hydrogen-bond acceptors (Lipinski definition) is 7. The van der Waals surface area contributed by atoms with Gasteiger partial charge in [-0.1, -0.05) is 5.16 Å². The first kappa shape index (κ1) is 13.4. The minimum Gasteiger partial charge on any atom is -0.338 e. The molecule has 4 rings (SSSR count). The van der Waals surface area contributed by atoms with Crippen molar-refractivity contribution in [1.29, 1.82) is 0 Å². The van der Waals surface area contributed by atoms with Gasteiger partial charge in [-0.2, -0.15) is 16.7 Å². The van der Waals surface area contributed by atoms with Gasteiger partial charge in [0.2, 0.25) is 5.89 Å². The second kappa shape index (κ2) is 5.78. The summed E-state index contributed by atoms with van der Waals surface area (Å²) in [6, 6.07) is 0.150. The Kier molecular flexibility index (Phi) is 4.07. The average Bonchev–Trinajstić information content (AvgIpc) is 2.95. The van der Waals surface area contributed by atoms with E-state index in [1.807, 2.05) is 0 Å². The van der Waals surface area contributed by atoms with Crippen LogP contribution >= 0.6 is 11.8 Å². The van der Waals surface area contributed by atoms with Crippen molar-refractivity contribution in [2.24, 2.45) is 5.73 Å². The van der Waals surface area contributed by atoms with Gasteiger partial charge in [0.05, 0.1) is 12.1 Å². The zero-order valence-corrected chi connectivity index (χ0v) is 12.1. The maximum atomic E-state index is 6.07. The fraction of sp³-hybridized carbons (Fsp3) is 0.833. The molecule has 1 aromatic rings. The Morgan fingerprint density at radius 1 is 1.42 bits per heavy atom. The summed E-state index contributed by atoms with van der Waals surface area (Å²) >= 11 is 1.78. The van der Waals surface area contributed by atoms with E-state index in [2.05, 4.69) is 26.2 Å². The standard InChI is InChI=1S/C12H21N5OS/c1-19-7-2-9(13)12-14-11(15-18-12)10-8-16-3-5-17(10)6-4-16/h9-10H,2-8,13H2,1H3. The minimum absolute atomic E-state index is 0.134. The Labute approximate surface area is 117 Å². The highest BCUT2D eigenvalue weighted by atomic mass is 32.2. The van der Waals surface area contributed by atoms with Gasteiger partial charge in [-0.05, 0) is 18.4 Å². The van der Waals surface area contributed by atoms with E-state index in [1.165, 1.54) is 0 Å². The van der Waals surface area contributed by atoms with Crippen LogP contribution in [0.3, 0.4) is 0 Å². The summed E-state index contributed by atoms with van der Waals surface area (Å²) in [7, 11) is 0. The molecule has 7 heteroatoms. The Balaban J connectivity index is 1.67. The molecule has 3 aliphatic rings. The second-order valence-corrected chi connectivity index (χ2v) is 6.22. The Bertz CT molecular complexity index is 418. The highest BCUT2D eigenvalue weighted by molar-refractivity contribution is 7.98. The highest BCUT2D eigenvalue weighted by Gasteiger charge is 2.35. The van der Waals surface area contributed by atoms with Crippen molar-refractivity contribution in [3.8, 4) is 0 Å². The first-order valence-corrected chi connectivity index (χ1v) is 8.21. The topological polar surface area (TPSA) is 71.4 Å². The number of rotatable bonds is 5. The third kappa shape index (κ3) is 2.79. The molecular formula is C12H21N5OS. The summed E-state index contributed by atoms with van der Waals surface area (Å²) in [5.74, 6) is 2.41. The quantitative estimate of drug-likeness (QED) is 0.843. The maximum absolute atomic E-state index is 6.07. The second-order valence-electron chi connectivity index (χ2n) is 5.23. The van der Waals surface area contributed by atoms with Crippen LogP contribution in [0.1, 0.15) is 30.2 Å². The highest BCUT2D eigenvalue weighted by Crippen LogP contribution is 2.27. The Morgan fingerprint density at radius 2 is 2.21 bits per heavy atom. The fourth-order valence-corrected chi connectivity index (χ4v) is 3.25. The lowest BCUT2D eigenvalue weighted by atomic mass is 10.1. The minimum atomic E-state index is -0.134. The summed E-state index contributed by atoms with van der Waals surface area (Å²) in [6.07, 6.45) is 2.95. The molecule has 2 N–H and O–H groups in total. The first-order chi connectivity index (χ1) is 9.28. The molecule has 0 saturated carbocycles. The molecular weight excluding hydrogens is 262 g/mol. The molecule has 0 radical (unpaired) electrons. The van der Waals surface area contributed by atoms with E-state index in [0.717, 1.165) is 50.7 Å². The van der Waals surface area contributed by atoms with Crippen LogP contribution in [0.5, 0.6) is 0 Å². The number of fused-ring (bicyclic) bond motifs is 3. The molecule has 3 aliphatic heterocycles. The first-order valence-electron chi connectivity index (χ1n) is 6.82. The number of aromatic nitrogens is 2. The van der Waals surface area contributed by atoms with E-state index in [4.69, 9.17) is 10.3 Å². The van der Waals surface area contributed by atoms with Gasteiger partial charge in [0.1, 0.15) is 0 Å². The SMILES string of the molecule is CSCCC(N)c1nc(C2CN3CCN2CC3)no1. The van der Waals surface area contributed by atoms with Crippen LogP contribution in [0.4, 0.5) is 0 Å². The van der Waals surface area contributed by atoms with Crippen molar-refractivity contribution in [3.63, 3.8) is 0 Å². The normalized spacial score (nSPS) is 31.6. The zero-order chi connectivity index (χ0) is 13.2. The Morgan fingerprint density at radius 3 is 2.84 bits per heavy atom. The van der Waals surface area contributed by atoms with Crippen molar-refractivity contribution in [2.75, 3.05) is 44.7 Å². The predicted octanol–water partition coefficient (Wildman–Crippen LogP) is 0.495. The van der Waals surface area contributed by atoms with Crippen LogP contribution in [0.2, 0.25) is 0 Å². The molecule has 4 heterocycles. The van der Waals surface area contributed by atoms with Gasteiger partial charge in [-0.25, -0.2) is 0 Å². The average molecular weight is 283 g/mol. The van der Waals surface area contributed by atoms with Crippen LogP contribution in [-0.2, 0) is 0 Å². The van der Waals surface area contributed by atoms with Gasteiger partial charge in [-0.15, -0.1) is 0 Å². The number of thioether (sulfide) groups is 1. The molecule has 0 amide bonds. The van der Waals surface area contributed by atoms with E-state index >= 15 is 0 Å². The molecule has 1 aromatic heterocycles. The van der Waals surface area contributed by atoms with Gasteiger partial charge in [0.15, 0.2) is 5.82 Å². The number of nitrogens with two attached hydrogens (primary N) is 1. The molecule has 2 unspecified atom stereocenters. The van der Waals surface area contributed by atoms with Crippen LogP contribution < -0.4 is 5.73 Å². The molecule has 3 fully saturated rings. The van der Waals surface area contributed by atoms with E-state index in [1.54, 1.807) is 11.8 Å². The fourth-order valence-electron chi connectivity index (χ4n) is 2.76. The molecule has 19 heavy (non-hydrogen) atoms. The largest absolute Gasteiger partial charge is 0.338 e. The Hall–Kier alpha value is -0.630. The van der Waals surface area contributed by atoms with Crippen molar-refractivity contribution in [1.82, 2.24) is 19.9 Å². The lowest BCUT2D eigenvalue weighted by Crippen LogP contribution is -2.57. The molecule has 2 bridgehead atoms. The van der Waals surface area contributed by atoms with Crippen molar-refractivity contribution < 1.29 is 4.52 Å². The van der Waals surface area contributed by atoms with Gasteiger partial charge in [0, 0.05) is 32.7 Å². The molecule has 106 valence electrons. The lowest BCUT2D eigenvalue weighted by Gasteiger charge is -2.46. The summed E-state index contributed by atoms with van der Waals surface area (Å²) < 4.78 is 5.34. The predicted molar refractivity (Wildman–Crippen MR) is 75.0 cm³/mol. The van der Waals surface area contributed by atoms with Crippen molar-refractivity contribution >= 4 is 11.8 Å². The third-order valence-electron chi connectivity index (χ3n) is 3.98. The van der Waals surface area contributed by atoms with Crippen LogP contribution in [0.25, 0.3) is 0 Å². The molecule has 0 aromatic carbocycles. The van der Waals surface area contributed by atoms with Gasteiger partial charge in [0.25, 0.3) is 0 Å². The molecule has 3 saturated heterocycles. The van der Waals surface area contributed by atoms with Crippen LogP contribution in [-0.4, -0.2) is 64.7 Å². The number of piperazine rings is 3. The monoisotopic (exact) mass is 283 g/mol. The molecule has 0 aliphatic carbocycles. The van der Waals surface area contributed by atoms with E-state index in [-0.39, 0.29) is 12.1 Å². The zero-order valence-electron chi connectivity index (χ0n) is 11.3. The smallest absolute Gasteiger partial charge is 0.243 e. The van der Waals surface area contributed by atoms with Gasteiger partial charge < -0.3 is 10.3 Å². The van der Waals surface area contributed by atoms with Crippen molar-refractivity contribution in [3.05, 3.63) is 11.7 Å². The maximum Gasteiger partial charge on any atom is 0.243 e. The lowest BCUT2D eigenvalue weighted by molar-refractivity contribution is 0.00781. The van der Waals surface area contributed by atoms with Crippen LogP contribution in [0, 0.1) is 0 Å². The van der Waals surface area contributed by atoms with Gasteiger partial charge >= 0.3 is 0 Å². The third-order valence-corrected chi connectivity index (χ3v) is 4.63. The summed E-state index contributed by atoms with van der Waals surface area (Å²) in [5.41, 5.74) is 6.07. The van der Waals surface area contributed by atoms with Crippen molar-refractivity contribution in [2.45, 2.75) is 18.5 Å². The summed E-state index contributed by atoms with van der Waals surface area (Å²) in [4.78, 5) is 9.44. The number of nitrogens with zero attached hydrogens (tertiary/aromatic N) is 4. The van der Waals surface area contributed by atoms with E-state index in [9.17, 15) is 0 Å². The van der Waals surface area contributed by atoms with E-state index in [0.29, 0.717) is 5.89 Å². The van der Waals surface area contributed by atoms with Crippen LogP contribution in [0.15, 0.2) is 4.52 Å². The number of hydrogen-bond donors (Lipinski definition) is 1. The molecule has 0 spiro atoms. The van der Waals surface area contributed by atoms with Gasteiger partial charge in [-0.3, -0.25) is 9.80 Å². The van der Waals surface area contributed by atoms with E-state index < -0.39 is 0 Å². The molecule has 6 nitrogen and oxygen atoms in total.